The maximum atomic E-state index is 5.15. The number of nitrogens with zero attached hydrogens (tertiary/aromatic N) is 3. The van der Waals surface area contributed by atoms with Crippen LogP contribution in [-0.4, -0.2) is 35.3 Å². The molecule has 2 heterocycles. The van der Waals surface area contributed by atoms with Crippen LogP contribution in [-0.2, 0) is 18.3 Å². The van der Waals surface area contributed by atoms with Gasteiger partial charge in [-0.05, 0) is 0 Å². The molecule has 1 unspecified atom stereocenters. The number of nitrogens with one attached hydrogen (secondary N) is 1. The standard InChI is InChI=1S/C8H14N4O.ClH/c1-12-8-6(5-13-2)3-9-4-7(8)10-11-12;/h6,9H,3-5H2,1-2H3;1H. The van der Waals surface area contributed by atoms with Gasteiger partial charge in [0.2, 0.25) is 0 Å². The molecule has 0 saturated carbocycles. The second kappa shape index (κ2) is 4.72. The van der Waals surface area contributed by atoms with Crippen LogP contribution in [0, 0.1) is 0 Å². The number of aryl methyl sites for hydroxylation is 1. The SMILES string of the molecule is COCC1CNCc2nnn(C)c21.Cl. The normalized spacial score (nSPS) is 20.0. The van der Waals surface area contributed by atoms with Crippen molar-refractivity contribution in [1.82, 2.24) is 20.3 Å². The van der Waals surface area contributed by atoms with E-state index in [1.807, 2.05) is 11.7 Å². The summed E-state index contributed by atoms with van der Waals surface area (Å²) in [4.78, 5) is 0. The van der Waals surface area contributed by atoms with Crippen molar-refractivity contribution >= 4 is 12.4 Å². The van der Waals surface area contributed by atoms with E-state index in [2.05, 4.69) is 15.6 Å². The minimum absolute atomic E-state index is 0. The number of aromatic nitrogens is 3. The summed E-state index contributed by atoms with van der Waals surface area (Å²) < 4.78 is 7.00. The van der Waals surface area contributed by atoms with E-state index in [9.17, 15) is 0 Å². The highest BCUT2D eigenvalue weighted by Gasteiger charge is 2.24. The lowest BCUT2D eigenvalue weighted by Crippen LogP contribution is -2.31. The summed E-state index contributed by atoms with van der Waals surface area (Å²) >= 11 is 0. The number of methoxy groups -OCH3 is 1. The van der Waals surface area contributed by atoms with Crippen molar-refractivity contribution in [2.24, 2.45) is 7.05 Å². The Morgan fingerprint density at radius 2 is 2.43 bits per heavy atom. The van der Waals surface area contributed by atoms with Gasteiger partial charge >= 0.3 is 0 Å². The van der Waals surface area contributed by atoms with Gasteiger partial charge in [-0.3, -0.25) is 4.68 Å². The molecule has 1 aromatic rings. The first kappa shape index (κ1) is 11.4. The lowest BCUT2D eigenvalue weighted by atomic mass is 10.0. The van der Waals surface area contributed by atoms with Crippen molar-refractivity contribution in [2.45, 2.75) is 12.5 Å². The summed E-state index contributed by atoms with van der Waals surface area (Å²) in [5.74, 6) is 0.383. The number of ether oxygens (including phenoxy) is 1. The fourth-order valence-corrected chi connectivity index (χ4v) is 1.83. The molecule has 1 aliphatic rings. The van der Waals surface area contributed by atoms with E-state index >= 15 is 0 Å². The third-order valence-corrected chi connectivity index (χ3v) is 2.38. The summed E-state index contributed by atoms with van der Waals surface area (Å²) in [7, 11) is 3.65. The predicted molar refractivity (Wildman–Crippen MR) is 54.6 cm³/mol. The Morgan fingerprint density at radius 1 is 1.64 bits per heavy atom. The molecule has 0 aromatic carbocycles. The zero-order valence-corrected chi connectivity index (χ0v) is 9.17. The number of rotatable bonds is 2. The van der Waals surface area contributed by atoms with Crippen molar-refractivity contribution in [2.75, 3.05) is 20.3 Å². The molecule has 5 nitrogen and oxygen atoms in total. The number of halogens is 1. The van der Waals surface area contributed by atoms with Gasteiger partial charge in [-0.2, -0.15) is 0 Å². The molecule has 0 amide bonds. The molecule has 1 aromatic heterocycles. The molecule has 0 spiro atoms. The molecule has 2 rings (SSSR count). The zero-order chi connectivity index (χ0) is 9.26. The average molecular weight is 219 g/mol. The first-order chi connectivity index (χ1) is 6.33. The van der Waals surface area contributed by atoms with Gasteiger partial charge < -0.3 is 10.1 Å². The molecule has 0 aliphatic carbocycles. The Bertz CT molecular complexity index is 302. The van der Waals surface area contributed by atoms with Gasteiger partial charge in [0, 0.05) is 33.2 Å². The predicted octanol–water partition coefficient (Wildman–Crippen LogP) is 0.0701. The van der Waals surface area contributed by atoms with Crippen LogP contribution in [0.4, 0.5) is 0 Å². The maximum Gasteiger partial charge on any atom is 0.100 e. The maximum absolute atomic E-state index is 5.15. The number of fused-ring (bicyclic) bond motifs is 1. The third-order valence-electron chi connectivity index (χ3n) is 2.38. The molecular formula is C8H15ClN4O. The summed E-state index contributed by atoms with van der Waals surface area (Å²) in [5, 5.41) is 11.4. The quantitative estimate of drug-likeness (QED) is 0.764. The van der Waals surface area contributed by atoms with Crippen molar-refractivity contribution in [3.63, 3.8) is 0 Å². The molecule has 0 bridgehead atoms. The van der Waals surface area contributed by atoms with Crippen LogP contribution in [0.2, 0.25) is 0 Å². The Balaban J connectivity index is 0.000000980. The second-order valence-electron chi connectivity index (χ2n) is 3.33. The van der Waals surface area contributed by atoms with Crippen molar-refractivity contribution in [1.29, 1.82) is 0 Å². The van der Waals surface area contributed by atoms with Gasteiger partial charge in [0.1, 0.15) is 5.69 Å². The highest BCUT2D eigenvalue weighted by atomic mass is 35.5. The molecule has 0 fully saturated rings. The van der Waals surface area contributed by atoms with Crippen LogP contribution >= 0.6 is 12.4 Å². The smallest absolute Gasteiger partial charge is 0.100 e. The zero-order valence-electron chi connectivity index (χ0n) is 8.36. The third kappa shape index (κ3) is 1.89. The lowest BCUT2D eigenvalue weighted by Gasteiger charge is -2.22. The molecule has 1 aliphatic heterocycles. The molecule has 14 heavy (non-hydrogen) atoms. The van der Waals surface area contributed by atoms with Crippen molar-refractivity contribution in [3.8, 4) is 0 Å². The van der Waals surface area contributed by atoms with E-state index in [1.165, 1.54) is 5.69 Å². The van der Waals surface area contributed by atoms with Crippen molar-refractivity contribution in [3.05, 3.63) is 11.4 Å². The molecule has 6 heteroatoms. The second-order valence-corrected chi connectivity index (χ2v) is 3.33. The molecule has 80 valence electrons. The van der Waals surface area contributed by atoms with Gasteiger partial charge in [-0.15, -0.1) is 17.5 Å². The highest BCUT2D eigenvalue weighted by Crippen LogP contribution is 2.21. The summed E-state index contributed by atoms with van der Waals surface area (Å²) in [6.07, 6.45) is 0. The van der Waals surface area contributed by atoms with Crippen LogP contribution in [0.1, 0.15) is 17.3 Å². The van der Waals surface area contributed by atoms with Gasteiger partial charge in [0.25, 0.3) is 0 Å². The van der Waals surface area contributed by atoms with E-state index in [4.69, 9.17) is 4.74 Å². The minimum atomic E-state index is 0. The van der Waals surface area contributed by atoms with Gasteiger partial charge in [0.05, 0.1) is 12.3 Å². The van der Waals surface area contributed by atoms with E-state index in [1.54, 1.807) is 7.11 Å². The van der Waals surface area contributed by atoms with Gasteiger partial charge in [-0.25, -0.2) is 0 Å². The summed E-state index contributed by atoms with van der Waals surface area (Å²) in [6.45, 7) is 2.49. The molecular weight excluding hydrogens is 204 g/mol. The molecule has 0 radical (unpaired) electrons. The van der Waals surface area contributed by atoms with E-state index in [0.29, 0.717) is 5.92 Å². The van der Waals surface area contributed by atoms with Crippen LogP contribution in [0.3, 0.4) is 0 Å². The summed E-state index contributed by atoms with van der Waals surface area (Å²) in [5.41, 5.74) is 2.26. The van der Waals surface area contributed by atoms with Crippen molar-refractivity contribution < 1.29 is 4.74 Å². The molecule has 1 N–H and O–H groups in total. The molecule has 0 saturated heterocycles. The summed E-state index contributed by atoms with van der Waals surface area (Å²) in [6, 6.07) is 0. The van der Waals surface area contributed by atoms with Crippen LogP contribution in [0.15, 0.2) is 0 Å². The number of hydrogen-bond donors (Lipinski definition) is 1. The first-order valence-electron chi connectivity index (χ1n) is 4.41. The fourth-order valence-electron chi connectivity index (χ4n) is 1.83. The van der Waals surface area contributed by atoms with Gasteiger partial charge in [-0.1, -0.05) is 5.21 Å². The lowest BCUT2D eigenvalue weighted by molar-refractivity contribution is 0.172. The monoisotopic (exact) mass is 218 g/mol. The first-order valence-corrected chi connectivity index (χ1v) is 4.41. The van der Waals surface area contributed by atoms with Gasteiger partial charge in [0.15, 0.2) is 0 Å². The average Bonchev–Trinajstić information content (AvgIpc) is 2.50. The molecule has 1 atom stereocenters. The Labute approximate surface area is 89.2 Å². The Kier molecular flexibility index (Phi) is 3.86. The number of hydrogen-bond acceptors (Lipinski definition) is 4. The Morgan fingerprint density at radius 3 is 3.14 bits per heavy atom. The van der Waals surface area contributed by atoms with Crippen LogP contribution in [0.25, 0.3) is 0 Å². The van der Waals surface area contributed by atoms with Crippen LogP contribution in [0.5, 0.6) is 0 Å². The van der Waals surface area contributed by atoms with E-state index < -0.39 is 0 Å². The minimum Gasteiger partial charge on any atom is -0.384 e. The topological polar surface area (TPSA) is 52.0 Å². The van der Waals surface area contributed by atoms with E-state index in [0.717, 1.165) is 25.4 Å². The fraction of sp³-hybridized carbons (Fsp3) is 0.750. The highest BCUT2D eigenvalue weighted by molar-refractivity contribution is 5.85. The largest absolute Gasteiger partial charge is 0.384 e. The van der Waals surface area contributed by atoms with Crippen LogP contribution < -0.4 is 5.32 Å². The van der Waals surface area contributed by atoms with E-state index in [-0.39, 0.29) is 12.4 Å². The Hall–Kier alpha value is -0.650.